The zero-order valence-corrected chi connectivity index (χ0v) is 17.0. The molecule has 1 unspecified atom stereocenters. The van der Waals surface area contributed by atoms with E-state index in [-0.39, 0.29) is 11.3 Å². The third-order valence-corrected chi connectivity index (χ3v) is 6.31. The number of fused-ring (bicyclic) bond motifs is 1. The van der Waals surface area contributed by atoms with E-state index in [0.717, 1.165) is 30.5 Å². The maximum atomic E-state index is 15.7. The number of aliphatic hydroxyl groups excluding tert-OH is 1. The van der Waals surface area contributed by atoms with Crippen LogP contribution in [-0.4, -0.2) is 55.6 Å². The molecule has 2 N–H and O–H groups in total. The minimum Gasteiger partial charge on any atom is -0.404 e. The van der Waals surface area contributed by atoms with Crippen molar-refractivity contribution in [3.63, 3.8) is 0 Å². The van der Waals surface area contributed by atoms with Crippen molar-refractivity contribution in [3.05, 3.63) is 62.7 Å². The number of H-pyrrole nitrogens is 1. The van der Waals surface area contributed by atoms with E-state index in [4.69, 9.17) is 41.8 Å². The van der Waals surface area contributed by atoms with Crippen LogP contribution in [0.25, 0.3) is 0 Å². The number of hydrogen-bond acceptors (Lipinski definition) is 8. The molecule has 10 nitrogen and oxygen atoms in total. The lowest BCUT2D eigenvalue weighted by atomic mass is 9.60. The van der Waals surface area contributed by atoms with Crippen LogP contribution in [0.15, 0.2) is 40.1 Å². The van der Waals surface area contributed by atoms with Gasteiger partial charge in [-0.15, -0.1) is 0 Å². The summed E-state index contributed by atoms with van der Waals surface area (Å²) in [5.74, 6) is -4.01. The predicted molar refractivity (Wildman–Crippen MR) is 105 cm³/mol. The van der Waals surface area contributed by atoms with E-state index in [0.29, 0.717) is 4.57 Å². The number of phosphoric ester groups is 1. The number of nitrogens with zero attached hydrogens (tertiary/aromatic N) is 1. The minimum atomic E-state index is -4.66. The van der Waals surface area contributed by atoms with Crippen LogP contribution in [0.4, 0.5) is 8.78 Å². The molecule has 1 aromatic heterocycles. The van der Waals surface area contributed by atoms with Gasteiger partial charge in [0.05, 0.1) is 18.1 Å². The highest BCUT2D eigenvalue weighted by Crippen LogP contribution is 2.59. The molecule has 1 aromatic carbocycles. The Bertz CT molecular complexity index is 1240. The number of benzene rings is 1. The summed E-state index contributed by atoms with van der Waals surface area (Å²) >= 11 is 0. The number of ether oxygens (including phenoxy) is 1. The molecule has 16 heteroatoms. The first-order valence-corrected chi connectivity index (χ1v) is 10.4. The van der Waals surface area contributed by atoms with E-state index in [9.17, 15) is 23.7 Å². The van der Waals surface area contributed by atoms with Crippen LogP contribution in [0.1, 0.15) is 12.0 Å². The number of hydrogen-bond donors (Lipinski definition) is 2. The Balaban J connectivity index is 1.61. The first-order chi connectivity index (χ1) is 14.8. The van der Waals surface area contributed by atoms with Crippen molar-refractivity contribution in [2.75, 3.05) is 0 Å². The molecule has 2 aliphatic rings. The summed E-state index contributed by atoms with van der Waals surface area (Å²) in [4.78, 5) is 25.2. The van der Waals surface area contributed by atoms with Gasteiger partial charge in [0.1, 0.15) is 40.7 Å². The Morgan fingerprint density at radius 1 is 1.34 bits per heavy atom. The lowest BCUT2D eigenvalue weighted by molar-refractivity contribution is -0.219. The third kappa shape index (κ3) is 3.78. The summed E-state index contributed by atoms with van der Waals surface area (Å²) < 4.78 is 62.4. The van der Waals surface area contributed by atoms with Crippen molar-refractivity contribution in [1.82, 2.24) is 9.55 Å². The van der Waals surface area contributed by atoms with Gasteiger partial charge in [-0.3, -0.25) is 23.4 Å². The maximum absolute atomic E-state index is 15.7. The average molecular weight is 462 g/mol. The SMILES string of the molecule is [B]C([B])(OP1(=O)OCc2cc(F)ccc2O1)[C@]1(F)C[C@@H](O)[C@]([B])(n2ccc(=O)[nH]c2=O)O1. The largest absolute Gasteiger partial charge is 0.529 e. The van der Waals surface area contributed by atoms with Crippen molar-refractivity contribution in [2.45, 2.75) is 36.0 Å². The Hall–Kier alpha value is -2.18. The lowest BCUT2D eigenvalue weighted by Gasteiger charge is -2.41. The number of aromatic nitrogens is 2. The van der Waals surface area contributed by atoms with Crippen LogP contribution in [0, 0.1) is 5.82 Å². The quantitative estimate of drug-likeness (QED) is 0.466. The molecule has 0 spiro atoms. The van der Waals surface area contributed by atoms with Gasteiger partial charge in [0.2, 0.25) is 5.85 Å². The van der Waals surface area contributed by atoms with Crippen molar-refractivity contribution < 1.29 is 36.8 Å². The summed E-state index contributed by atoms with van der Waals surface area (Å²) in [6.45, 7) is -0.434. The number of aliphatic hydroxyl groups is 1. The van der Waals surface area contributed by atoms with Gasteiger partial charge in [-0.2, -0.15) is 0 Å². The third-order valence-electron chi connectivity index (χ3n) is 4.92. The normalized spacial score (nSPS) is 32.3. The summed E-state index contributed by atoms with van der Waals surface area (Å²) in [5, 5.41) is 7.26. The summed E-state index contributed by atoms with van der Waals surface area (Å²) in [5.41, 5.74) is -4.29. The zero-order chi connectivity index (χ0) is 23.5. The molecule has 0 bridgehead atoms. The molecule has 4 atom stereocenters. The number of phosphoric acid groups is 1. The molecule has 0 saturated carbocycles. The maximum Gasteiger partial charge on any atom is 0.529 e. The first kappa shape index (κ1) is 23.0. The van der Waals surface area contributed by atoms with Crippen LogP contribution in [-0.2, 0) is 30.6 Å². The highest BCUT2D eigenvalue weighted by atomic mass is 31.2. The summed E-state index contributed by atoms with van der Waals surface area (Å²) in [7, 11) is 12.6. The summed E-state index contributed by atoms with van der Waals surface area (Å²) in [6, 6.07) is 4.10. The van der Waals surface area contributed by atoms with E-state index >= 15 is 4.39 Å². The number of halogens is 2. The van der Waals surface area contributed by atoms with E-state index < -0.39 is 60.9 Å². The fourth-order valence-corrected chi connectivity index (χ4v) is 4.61. The molecule has 4 rings (SSSR count). The molecule has 2 aliphatic heterocycles. The molecule has 1 fully saturated rings. The zero-order valence-electron chi connectivity index (χ0n) is 16.1. The van der Waals surface area contributed by atoms with Gasteiger partial charge in [0, 0.05) is 24.2 Å². The predicted octanol–water partition coefficient (Wildman–Crippen LogP) is -0.374. The Morgan fingerprint density at radius 2 is 2.06 bits per heavy atom. The highest BCUT2D eigenvalue weighted by Gasteiger charge is 2.63. The number of alkyl halides is 1. The monoisotopic (exact) mass is 462 g/mol. The molecule has 0 amide bonds. The van der Waals surface area contributed by atoms with Crippen molar-refractivity contribution >= 4 is 31.4 Å². The average Bonchev–Trinajstić information content (AvgIpc) is 2.92. The molecular formula is C16H12B3F2N2O8P. The Morgan fingerprint density at radius 3 is 2.75 bits per heavy atom. The second kappa shape index (κ2) is 7.42. The van der Waals surface area contributed by atoms with Crippen molar-refractivity contribution in [1.29, 1.82) is 0 Å². The lowest BCUT2D eigenvalue weighted by Crippen LogP contribution is -2.56. The standard InChI is InChI=1S/C16H12B3F2N2O8P/c17-15(23-4-3-12(25)22-13(23)26)11(24)6-14(21,30-15)16(18,19)31-32(27)28-7-8-5-9(20)1-2-10(8)29-32/h1-5,11,24H,6-7H2,(H,22,25,26)/t11-,14+,15+,32?/m1/s1. The molecule has 0 aliphatic carbocycles. The van der Waals surface area contributed by atoms with Crippen molar-refractivity contribution in [2.24, 2.45) is 0 Å². The van der Waals surface area contributed by atoms with E-state index in [1.165, 1.54) is 0 Å². The van der Waals surface area contributed by atoms with E-state index in [1.54, 1.807) is 0 Å². The minimum absolute atomic E-state index is 0.0787. The smallest absolute Gasteiger partial charge is 0.404 e. The van der Waals surface area contributed by atoms with Gasteiger partial charge >= 0.3 is 13.5 Å². The second-order valence-electron chi connectivity index (χ2n) is 7.23. The Kier molecular flexibility index (Phi) is 5.34. The van der Waals surface area contributed by atoms with E-state index in [1.807, 2.05) is 4.98 Å². The molecule has 2 aromatic rings. The Labute approximate surface area is 182 Å². The van der Waals surface area contributed by atoms with Crippen LogP contribution in [0.5, 0.6) is 5.75 Å². The van der Waals surface area contributed by atoms with Crippen LogP contribution < -0.4 is 15.8 Å². The van der Waals surface area contributed by atoms with E-state index in [2.05, 4.69) is 0 Å². The van der Waals surface area contributed by atoms with Gasteiger partial charge < -0.3 is 14.4 Å². The molecule has 1 saturated heterocycles. The van der Waals surface area contributed by atoms with Gasteiger partial charge in [-0.25, -0.2) is 18.1 Å². The fourth-order valence-electron chi connectivity index (χ4n) is 3.25. The van der Waals surface area contributed by atoms with Gasteiger partial charge in [-0.1, -0.05) is 0 Å². The number of nitrogens with one attached hydrogen (secondary N) is 1. The number of rotatable bonds is 4. The fraction of sp³-hybridized carbons (Fsp3) is 0.375. The highest BCUT2D eigenvalue weighted by molar-refractivity contribution is 7.49. The number of aromatic amines is 1. The second-order valence-corrected chi connectivity index (χ2v) is 8.75. The summed E-state index contributed by atoms with van der Waals surface area (Å²) in [6.07, 6.45) is -2.11. The van der Waals surface area contributed by atoms with Crippen LogP contribution in [0.2, 0.25) is 0 Å². The van der Waals surface area contributed by atoms with Crippen molar-refractivity contribution in [3.8, 4) is 5.75 Å². The molecule has 6 radical (unpaired) electrons. The topological polar surface area (TPSA) is 129 Å². The van der Waals surface area contributed by atoms with Gasteiger partial charge in [0.15, 0.2) is 0 Å². The molecule has 32 heavy (non-hydrogen) atoms. The van der Waals surface area contributed by atoms with Gasteiger partial charge in [-0.05, 0) is 18.2 Å². The van der Waals surface area contributed by atoms with Crippen LogP contribution in [0.3, 0.4) is 0 Å². The molecule has 162 valence electrons. The van der Waals surface area contributed by atoms with Crippen LogP contribution >= 0.6 is 7.82 Å². The first-order valence-electron chi connectivity index (χ1n) is 8.97. The van der Waals surface area contributed by atoms with Gasteiger partial charge in [0.25, 0.3) is 5.56 Å². The molecular weight excluding hydrogens is 450 g/mol. The molecule has 3 heterocycles.